The Kier molecular flexibility index (Phi) is 6.69. The van der Waals surface area contributed by atoms with E-state index in [1.165, 1.54) is 9.87 Å². The number of hydrogen-bond acceptors (Lipinski definition) is 5. The van der Waals surface area contributed by atoms with E-state index in [2.05, 4.69) is 5.32 Å². The number of carbonyl (C=O) groups excluding carboxylic acids is 2. The molecule has 1 heterocycles. The summed E-state index contributed by atoms with van der Waals surface area (Å²) in [4.78, 5) is 27.0. The van der Waals surface area contributed by atoms with Crippen molar-refractivity contribution in [2.24, 2.45) is 0 Å². The molecule has 0 unspecified atom stereocenters. The predicted molar refractivity (Wildman–Crippen MR) is 129 cm³/mol. The molecule has 9 heteroatoms. The number of benzene rings is 2. The number of piperazine rings is 1. The van der Waals surface area contributed by atoms with Gasteiger partial charge in [-0.25, -0.2) is 13.2 Å². The normalized spacial score (nSPS) is 16.7. The maximum atomic E-state index is 13.2. The number of rotatable bonds is 4. The van der Waals surface area contributed by atoms with Gasteiger partial charge in [-0.2, -0.15) is 4.31 Å². The summed E-state index contributed by atoms with van der Waals surface area (Å²) in [5.41, 5.74) is 2.60. The lowest BCUT2D eigenvalue weighted by Gasteiger charge is -2.34. The summed E-state index contributed by atoms with van der Waals surface area (Å²) in [5, 5.41) is 2.64. The van der Waals surface area contributed by atoms with Crippen molar-refractivity contribution >= 4 is 27.7 Å². The Labute approximate surface area is 200 Å². The molecule has 0 atom stereocenters. The zero-order valence-corrected chi connectivity index (χ0v) is 20.7. The van der Waals surface area contributed by atoms with E-state index < -0.39 is 21.7 Å². The first-order chi connectivity index (χ1) is 16.0. The van der Waals surface area contributed by atoms with Crippen molar-refractivity contribution < 1.29 is 22.7 Å². The maximum Gasteiger partial charge on any atom is 0.412 e. The van der Waals surface area contributed by atoms with Crippen LogP contribution in [0, 0.1) is 0 Å². The Hall–Kier alpha value is -2.91. The minimum absolute atomic E-state index is 0.206. The fraction of sp³-hybridized carbons (Fsp3) is 0.440. The lowest BCUT2D eigenvalue weighted by Crippen LogP contribution is -2.50. The first-order valence-electron chi connectivity index (χ1n) is 11.5. The Morgan fingerprint density at radius 3 is 2.35 bits per heavy atom. The summed E-state index contributed by atoms with van der Waals surface area (Å²) in [6.07, 6.45) is 2.39. The average Bonchev–Trinajstić information content (AvgIpc) is 3.25. The molecule has 0 saturated carbocycles. The minimum Gasteiger partial charge on any atom is -0.444 e. The number of aryl methyl sites for hydroxylation is 2. The molecule has 0 radical (unpaired) electrons. The number of nitrogens with zero attached hydrogens (tertiary/aromatic N) is 2. The van der Waals surface area contributed by atoms with Crippen molar-refractivity contribution in [1.82, 2.24) is 9.21 Å². The van der Waals surface area contributed by atoms with Gasteiger partial charge in [-0.05, 0) is 81.5 Å². The van der Waals surface area contributed by atoms with Gasteiger partial charge in [0, 0.05) is 37.4 Å². The summed E-state index contributed by atoms with van der Waals surface area (Å²) in [6.45, 7) is 6.39. The predicted octanol–water partition coefficient (Wildman–Crippen LogP) is 3.67. The van der Waals surface area contributed by atoms with E-state index in [1.54, 1.807) is 62.1 Å². The number of fused-ring (bicyclic) bond motifs is 1. The molecule has 1 aliphatic heterocycles. The molecule has 4 rings (SSSR count). The van der Waals surface area contributed by atoms with Gasteiger partial charge in [-0.3, -0.25) is 10.1 Å². The molecule has 34 heavy (non-hydrogen) atoms. The Morgan fingerprint density at radius 2 is 1.65 bits per heavy atom. The monoisotopic (exact) mass is 485 g/mol. The Balaban J connectivity index is 1.38. The molecular formula is C25H31N3O5S. The number of anilines is 1. The molecule has 182 valence electrons. The van der Waals surface area contributed by atoms with E-state index in [-0.39, 0.29) is 19.0 Å². The van der Waals surface area contributed by atoms with Crippen LogP contribution < -0.4 is 5.32 Å². The van der Waals surface area contributed by atoms with Gasteiger partial charge >= 0.3 is 6.09 Å². The van der Waals surface area contributed by atoms with Crippen molar-refractivity contribution in [3.8, 4) is 0 Å². The molecule has 1 N–H and O–H groups in total. The highest BCUT2D eigenvalue weighted by Gasteiger charge is 2.31. The summed E-state index contributed by atoms with van der Waals surface area (Å²) in [5.74, 6) is -0.206. The van der Waals surface area contributed by atoms with E-state index in [0.29, 0.717) is 29.2 Å². The lowest BCUT2D eigenvalue weighted by molar-refractivity contribution is 0.0634. The van der Waals surface area contributed by atoms with Crippen molar-refractivity contribution in [3.63, 3.8) is 0 Å². The summed E-state index contributed by atoms with van der Waals surface area (Å²) >= 11 is 0. The number of sulfonamides is 1. The molecule has 8 nitrogen and oxygen atoms in total. The third-order valence-corrected chi connectivity index (χ3v) is 7.88. The number of ether oxygens (including phenoxy) is 1. The van der Waals surface area contributed by atoms with E-state index in [4.69, 9.17) is 4.74 Å². The molecular weight excluding hydrogens is 454 g/mol. The van der Waals surface area contributed by atoms with Gasteiger partial charge in [0.05, 0.1) is 4.90 Å². The van der Waals surface area contributed by atoms with Gasteiger partial charge in [0.25, 0.3) is 5.91 Å². The van der Waals surface area contributed by atoms with Crippen LogP contribution in [0.1, 0.15) is 48.7 Å². The summed E-state index contributed by atoms with van der Waals surface area (Å²) in [6, 6.07) is 12.1. The number of nitrogens with one attached hydrogen (secondary N) is 1. The molecule has 2 aliphatic rings. The molecule has 1 aliphatic carbocycles. The highest BCUT2D eigenvalue weighted by Crippen LogP contribution is 2.27. The number of amides is 2. The minimum atomic E-state index is -3.60. The number of hydrogen-bond donors (Lipinski definition) is 1. The van der Waals surface area contributed by atoms with E-state index in [0.717, 1.165) is 24.8 Å². The second-order valence-corrected chi connectivity index (χ2v) is 11.6. The fourth-order valence-corrected chi connectivity index (χ4v) is 5.80. The van der Waals surface area contributed by atoms with E-state index >= 15 is 0 Å². The zero-order valence-electron chi connectivity index (χ0n) is 19.8. The Bertz CT molecular complexity index is 1200. The van der Waals surface area contributed by atoms with Crippen LogP contribution in [0.15, 0.2) is 47.4 Å². The van der Waals surface area contributed by atoms with Gasteiger partial charge in [0.2, 0.25) is 10.0 Å². The van der Waals surface area contributed by atoms with E-state index in [9.17, 15) is 18.0 Å². The molecule has 1 fully saturated rings. The summed E-state index contributed by atoms with van der Waals surface area (Å²) < 4.78 is 33.0. The van der Waals surface area contributed by atoms with Crippen LogP contribution >= 0.6 is 0 Å². The molecule has 2 aromatic carbocycles. The van der Waals surface area contributed by atoms with Gasteiger partial charge < -0.3 is 9.64 Å². The van der Waals surface area contributed by atoms with E-state index in [1.807, 2.05) is 6.07 Å². The molecule has 2 aromatic rings. The first-order valence-corrected chi connectivity index (χ1v) is 13.0. The second-order valence-electron chi connectivity index (χ2n) is 9.69. The topological polar surface area (TPSA) is 96.0 Å². The van der Waals surface area contributed by atoms with Crippen LogP contribution in [0.3, 0.4) is 0 Å². The van der Waals surface area contributed by atoms with Gasteiger partial charge in [-0.1, -0.05) is 12.1 Å². The highest BCUT2D eigenvalue weighted by molar-refractivity contribution is 7.89. The molecule has 2 amide bonds. The van der Waals surface area contributed by atoms with Crippen LogP contribution in [-0.2, 0) is 27.6 Å². The fourth-order valence-electron chi connectivity index (χ4n) is 4.32. The largest absolute Gasteiger partial charge is 0.444 e. The first kappa shape index (κ1) is 24.2. The van der Waals surface area contributed by atoms with Crippen molar-refractivity contribution in [2.45, 2.75) is 50.5 Å². The van der Waals surface area contributed by atoms with Crippen molar-refractivity contribution in [3.05, 3.63) is 59.2 Å². The quantitative estimate of drug-likeness (QED) is 0.713. The van der Waals surface area contributed by atoms with Crippen LogP contribution in [0.5, 0.6) is 0 Å². The second kappa shape index (κ2) is 9.38. The molecule has 0 bridgehead atoms. The molecule has 0 spiro atoms. The molecule has 0 aromatic heterocycles. The van der Waals surface area contributed by atoms with Crippen molar-refractivity contribution in [1.29, 1.82) is 0 Å². The van der Waals surface area contributed by atoms with Gasteiger partial charge in [-0.15, -0.1) is 0 Å². The molecule has 1 saturated heterocycles. The highest BCUT2D eigenvalue weighted by atomic mass is 32.2. The average molecular weight is 486 g/mol. The summed E-state index contributed by atoms with van der Waals surface area (Å²) in [7, 11) is -3.60. The Morgan fingerprint density at radius 1 is 0.941 bits per heavy atom. The van der Waals surface area contributed by atoms with Gasteiger partial charge in [0.1, 0.15) is 5.60 Å². The van der Waals surface area contributed by atoms with Crippen molar-refractivity contribution in [2.75, 3.05) is 31.5 Å². The third kappa shape index (κ3) is 5.42. The standard InChI is InChI=1S/C25H31N3O5S/c1-25(2,3)33-24(30)26-21-9-5-8-20(16-21)23(29)27-12-14-28(15-13-27)34(31,32)22-11-10-18-6-4-7-19(18)17-22/h5,8-11,16-17H,4,6-7,12-15H2,1-3H3,(H,26,30). The van der Waals surface area contributed by atoms with Crippen LogP contribution in [0.25, 0.3) is 0 Å². The number of carbonyl (C=O) groups is 2. The lowest BCUT2D eigenvalue weighted by atomic mass is 10.1. The zero-order chi connectivity index (χ0) is 24.5. The van der Waals surface area contributed by atoms with Crippen LogP contribution in [-0.4, -0.2) is 61.4 Å². The van der Waals surface area contributed by atoms with Gasteiger partial charge in [0.15, 0.2) is 0 Å². The smallest absolute Gasteiger partial charge is 0.412 e. The third-order valence-electron chi connectivity index (χ3n) is 5.99. The maximum absolute atomic E-state index is 13.2. The van der Waals surface area contributed by atoms with Crippen LogP contribution in [0.2, 0.25) is 0 Å². The SMILES string of the molecule is CC(C)(C)OC(=O)Nc1cccc(C(=O)N2CCN(S(=O)(=O)c3ccc4c(c3)CCC4)CC2)c1. The van der Waals surface area contributed by atoms with Crippen LogP contribution in [0.4, 0.5) is 10.5 Å².